The van der Waals surface area contributed by atoms with Crippen LogP contribution in [0.5, 0.6) is 0 Å². The smallest absolute Gasteiger partial charge is 0.170 e. The van der Waals surface area contributed by atoms with E-state index >= 15 is 0 Å². The fraction of sp³-hybridized carbons (Fsp3) is 0.364. The summed E-state index contributed by atoms with van der Waals surface area (Å²) in [7, 11) is 0. The molecule has 0 aliphatic carbocycles. The Morgan fingerprint density at radius 3 is 2.86 bits per heavy atom. The van der Waals surface area contributed by atoms with E-state index in [4.69, 9.17) is 9.63 Å². The second-order valence-electron chi connectivity index (χ2n) is 3.49. The van der Waals surface area contributed by atoms with Gasteiger partial charge in [0.2, 0.25) is 0 Å². The molecule has 1 aromatic carbocycles. The Kier molecular flexibility index (Phi) is 2.25. The maximum absolute atomic E-state index is 8.84. The Balaban J connectivity index is 2.64. The first kappa shape index (κ1) is 9.21. The van der Waals surface area contributed by atoms with Gasteiger partial charge in [-0.05, 0) is 31.0 Å². The minimum atomic E-state index is 0.106. The lowest BCUT2D eigenvalue weighted by atomic mass is 10.1. The number of aryl methyl sites for hydroxylation is 2. The van der Waals surface area contributed by atoms with Crippen LogP contribution in [0.25, 0.3) is 11.0 Å². The van der Waals surface area contributed by atoms with Crippen molar-refractivity contribution in [1.82, 2.24) is 5.16 Å². The van der Waals surface area contributed by atoms with Crippen LogP contribution in [0.2, 0.25) is 0 Å². The highest BCUT2D eigenvalue weighted by atomic mass is 16.5. The van der Waals surface area contributed by atoms with E-state index in [-0.39, 0.29) is 6.61 Å². The zero-order valence-electron chi connectivity index (χ0n) is 8.37. The van der Waals surface area contributed by atoms with Gasteiger partial charge in [0, 0.05) is 18.4 Å². The summed E-state index contributed by atoms with van der Waals surface area (Å²) in [4.78, 5) is 0. The number of hydrogen-bond donors (Lipinski definition) is 1. The molecule has 0 aliphatic heterocycles. The number of aromatic nitrogens is 1. The van der Waals surface area contributed by atoms with Gasteiger partial charge in [-0.15, -0.1) is 0 Å². The summed E-state index contributed by atoms with van der Waals surface area (Å²) >= 11 is 0. The molecule has 2 aromatic rings. The van der Waals surface area contributed by atoms with Gasteiger partial charge in [0.25, 0.3) is 0 Å². The van der Waals surface area contributed by atoms with E-state index < -0.39 is 0 Å². The molecule has 0 aliphatic rings. The predicted molar refractivity (Wildman–Crippen MR) is 54.3 cm³/mol. The second-order valence-corrected chi connectivity index (χ2v) is 3.49. The fourth-order valence-electron chi connectivity index (χ4n) is 1.57. The standard InChI is InChI=1S/C11H13NO2/c1-7-3-4-9-10(5-6-13)12-14-11(9)8(7)2/h3-4,13H,5-6H2,1-2H3. The predicted octanol–water partition coefficient (Wildman–Crippen LogP) is 1.98. The van der Waals surface area contributed by atoms with E-state index in [1.807, 2.05) is 19.9 Å². The van der Waals surface area contributed by atoms with E-state index in [2.05, 4.69) is 11.2 Å². The van der Waals surface area contributed by atoms with Crippen molar-refractivity contribution in [2.75, 3.05) is 6.61 Å². The molecule has 0 fully saturated rings. The van der Waals surface area contributed by atoms with Gasteiger partial charge in [-0.25, -0.2) is 0 Å². The average molecular weight is 191 g/mol. The number of nitrogens with zero attached hydrogens (tertiary/aromatic N) is 1. The van der Waals surface area contributed by atoms with Gasteiger partial charge < -0.3 is 9.63 Å². The molecule has 3 heteroatoms. The van der Waals surface area contributed by atoms with Crippen LogP contribution in [0.4, 0.5) is 0 Å². The lowest BCUT2D eigenvalue weighted by Gasteiger charge is -1.98. The lowest BCUT2D eigenvalue weighted by Crippen LogP contribution is -1.90. The number of aliphatic hydroxyl groups excluding tert-OH is 1. The summed E-state index contributed by atoms with van der Waals surface area (Å²) in [5.41, 5.74) is 4.00. The third-order valence-electron chi connectivity index (χ3n) is 2.58. The maximum Gasteiger partial charge on any atom is 0.170 e. The molecule has 1 N–H and O–H groups in total. The third-order valence-corrected chi connectivity index (χ3v) is 2.58. The van der Waals surface area contributed by atoms with Crippen LogP contribution in [0.1, 0.15) is 16.8 Å². The molecule has 74 valence electrons. The zero-order valence-corrected chi connectivity index (χ0v) is 8.37. The minimum absolute atomic E-state index is 0.106. The molecule has 0 radical (unpaired) electrons. The van der Waals surface area contributed by atoms with Crippen LogP contribution >= 0.6 is 0 Å². The van der Waals surface area contributed by atoms with Gasteiger partial charge in [-0.2, -0.15) is 0 Å². The lowest BCUT2D eigenvalue weighted by molar-refractivity contribution is 0.295. The van der Waals surface area contributed by atoms with Crippen molar-refractivity contribution in [2.24, 2.45) is 0 Å². The molecule has 0 atom stereocenters. The molecule has 0 saturated heterocycles. The van der Waals surface area contributed by atoms with Crippen LogP contribution in [0, 0.1) is 13.8 Å². The zero-order chi connectivity index (χ0) is 10.1. The quantitative estimate of drug-likeness (QED) is 0.789. The molecule has 0 amide bonds. The van der Waals surface area contributed by atoms with Gasteiger partial charge in [0.1, 0.15) is 0 Å². The van der Waals surface area contributed by atoms with E-state index in [1.54, 1.807) is 0 Å². The summed E-state index contributed by atoms with van der Waals surface area (Å²) in [6.45, 7) is 4.17. The van der Waals surface area contributed by atoms with Crippen molar-refractivity contribution < 1.29 is 9.63 Å². The Bertz CT molecular complexity index is 460. The van der Waals surface area contributed by atoms with Gasteiger partial charge >= 0.3 is 0 Å². The summed E-state index contributed by atoms with van der Waals surface area (Å²) in [5, 5.41) is 13.8. The fourth-order valence-corrected chi connectivity index (χ4v) is 1.57. The van der Waals surface area contributed by atoms with Crippen molar-refractivity contribution in [2.45, 2.75) is 20.3 Å². The van der Waals surface area contributed by atoms with Crippen LogP contribution in [0.3, 0.4) is 0 Å². The molecule has 0 spiro atoms. The molecule has 0 unspecified atom stereocenters. The molecule has 1 heterocycles. The van der Waals surface area contributed by atoms with Crippen molar-refractivity contribution in [3.8, 4) is 0 Å². The topological polar surface area (TPSA) is 46.3 Å². The monoisotopic (exact) mass is 191 g/mol. The van der Waals surface area contributed by atoms with E-state index in [0.29, 0.717) is 6.42 Å². The van der Waals surface area contributed by atoms with Gasteiger partial charge in [-0.3, -0.25) is 0 Å². The van der Waals surface area contributed by atoms with Gasteiger partial charge in [0.15, 0.2) is 5.58 Å². The third kappa shape index (κ3) is 1.30. The number of hydrogen-bond acceptors (Lipinski definition) is 3. The van der Waals surface area contributed by atoms with Crippen molar-refractivity contribution in [3.05, 3.63) is 29.0 Å². The van der Waals surface area contributed by atoms with E-state index in [9.17, 15) is 0 Å². The van der Waals surface area contributed by atoms with Gasteiger partial charge in [-0.1, -0.05) is 11.2 Å². The van der Waals surface area contributed by atoms with E-state index in [1.165, 1.54) is 5.56 Å². The highest BCUT2D eigenvalue weighted by molar-refractivity contribution is 5.83. The van der Waals surface area contributed by atoms with Gasteiger partial charge in [0.05, 0.1) is 5.69 Å². The SMILES string of the molecule is Cc1ccc2c(CCO)noc2c1C. The van der Waals surface area contributed by atoms with Crippen molar-refractivity contribution in [3.63, 3.8) is 0 Å². The second kappa shape index (κ2) is 3.42. The van der Waals surface area contributed by atoms with Crippen LogP contribution in [-0.4, -0.2) is 16.9 Å². The van der Waals surface area contributed by atoms with Crippen LogP contribution in [-0.2, 0) is 6.42 Å². The minimum Gasteiger partial charge on any atom is -0.396 e. The highest BCUT2D eigenvalue weighted by Gasteiger charge is 2.10. The number of fused-ring (bicyclic) bond motifs is 1. The number of aliphatic hydroxyl groups is 1. The molecule has 3 nitrogen and oxygen atoms in total. The summed E-state index contributed by atoms with van der Waals surface area (Å²) in [6.07, 6.45) is 0.551. The maximum atomic E-state index is 8.84. The van der Waals surface area contributed by atoms with Crippen LogP contribution in [0.15, 0.2) is 16.7 Å². The Labute approximate surface area is 82.3 Å². The van der Waals surface area contributed by atoms with Crippen LogP contribution < -0.4 is 0 Å². The number of benzene rings is 1. The summed E-state index contributed by atoms with van der Waals surface area (Å²) < 4.78 is 5.25. The highest BCUT2D eigenvalue weighted by Crippen LogP contribution is 2.24. The Morgan fingerprint density at radius 1 is 1.36 bits per heavy atom. The average Bonchev–Trinajstić information content (AvgIpc) is 2.57. The molecule has 2 rings (SSSR count). The molecule has 1 aromatic heterocycles. The van der Waals surface area contributed by atoms with Crippen molar-refractivity contribution >= 4 is 11.0 Å². The first-order chi connectivity index (χ1) is 6.74. The summed E-state index contributed by atoms with van der Waals surface area (Å²) in [5.74, 6) is 0. The molecule has 0 bridgehead atoms. The summed E-state index contributed by atoms with van der Waals surface area (Å²) in [6, 6.07) is 4.05. The molecular formula is C11H13NO2. The first-order valence-electron chi connectivity index (χ1n) is 4.69. The molecule has 0 saturated carbocycles. The largest absolute Gasteiger partial charge is 0.396 e. The first-order valence-corrected chi connectivity index (χ1v) is 4.69. The molecular weight excluding hydrogens is 178 g/mol. The Hall–Kier alpha value is -1.35. The normalized spacial score (nSPS) is 11.1. The van der Waals surface area contributed by atoms with E-state index in [0.717, 1.165) is 22.2 Å². The number of rotatable bonds is 2. The Morgan fingerprint density at radius 2 is 2.14 bits per heavy atom. The molecule has 14 heavy (non-hydrogen) atoms. The van der Waals surface area contributed by atoms with Crippen molar-refractivity contribution in [1.29, 1.82) is 0 Å².